The first-order valence-electron chi connectivity index (χ1n) is 13.3. The number of Topliss-reactive ketones (excluding diaryl/α,β-unsaturated/α-hetero) is 1. The molecule has 0 radical (unpaired) electrons. The number of likely N-dealkylation sites (N-methyl/N-ethyl adjacent to an activating group) is 1. The molecule has 0 spiro atoms. The van der Waals surface area contributed by atoms with Gasteiger partial charge in [-0.25, -0.2) is 0 Å². The van der Waals surface area contributed by atoms with Crippen molar-refractivity contribution in [2.24, 2.45) is 39.7 Å². The van der Waals surface area contributed by atoms with E-state index in [1.54, 1.807) is 6.08 Å². The summed E-state index contributed by atoms with van der Waals surface area (Å²) < 4.78 is 5.59. The number of amides is 1. The molecule has 36 heavy (non-hydrogen) atoms. The van der Waals surface area contributed by atoms with E-state index in [2.05, 4.69) is 32.7 Å². The fourth-order valence-corrected chi connectivity index (χ4v) is 8.34. The Hall–Kier alpha value is -1.38. The number of hydrogen-bond acceptors (Lipinski definition) is 7. The number of nitrogens with one attached hydrogen (secondary N) is 1. The fraction of sp³-hybridized carbons (Fsp3) is 0.821. The number of esters is 1. The molecule has 204 valence electrons. The Morgan fingerprint density at radius 2 is 1.97 bits per heavy atom. The maximum Gasteiger partial charge on any atom is 0.316 e. The Kier molecular flexibility index (Phi) is 8.16. The van der Waals surface area contributed by atoms with Gasteiger partial charge in [-0.05, 0) is 56.8 Å². The average molecular weight is 523 g/mol. The number of ether oxygens (including phenoxy) is 1. The van der Waals surface area contributed by atoms with Crippen molar-refractivity contribution in [3.05, 3.63) is 12.7 Å². The minimum absolute atomic E-state index is 0.0339. The lowest BCUT2D eigenvalue weighted by molar-refractivity contribution is -0.205. The summed E-state index contributed by atoms with van der Waals surface area (Å²) in [4.78, 5) is 38.8. The summed E-state index contributed by atoms with van der Waals surface area (Å²) in [6.07, 6.45) is 4.07. The van der Waals surface area contributed by atoms with E-state index in [1.807, 2.05) is 20.8 Å². The molecule has 0 heterocycles. The van der Waals surface area contributed by atoms with Crippen molar-refractivity contribution in [2.75, 3.05) is 12.8 Å². The molecule has 0 aromatic carbocycles. The zero-order valence-corrected chi connectivity index (χ0v) is 23.9. The van der Waals surface area contributed by atoms with E-state index in [1.165, 1.54) is 18.8 Å². The first kappa shape index (κ1) is 29.2. The lowest BCUT2D eigenvalue weighted by atomic mass is 9.44. The van der Waals surface area contributed by atoms with Gasteiger partial charge in [0, 0.05) is 35.0 Å². The fourth-order valence-electron chi connectivity index (χ4n) is 7.50. The van der Waals surface area contributed by atoms with E-state index in [0.717, 1.165) is 19.3 Å². The lowest BCUT2D eigenvalue weighted by Crippen LogP contribution is -2.63. The quantitative estimate of drug-likeness (QED) is 0.346. The molecule has 3 aliphatic rings. The number of rotatable bonds is 7. The van der Waals surface area contributed by atoms with E-state index in [4.69, 9.17) is 10.5 Å². The first-order valence-corrected chi connectivity index (χ1v) is 14.2. The molecule has 3 rings (SSSR count). The van der Waals surface area contributed by atoms with Gasteiger partial charge in [-0.1, -0.05) is 33.8 Å². The predicted octanol–water partition coefficient (Wildman–Crippen LogP) is 3.48. The zero-order valence-electron chi connectivity index (χ0n) is 23.1. The molecule has 8 heteroatoms. The highest BCUT2D eigenvalue weighted by Gasteiger charge is 2.68. The highest BCUT2D eigenvalue weighted by molar-refractivity contribution is 8.01. The lowest BCUT2D eigenvalue weighted by Gasteiger charge is -2.61. The SMILES string of the molecule is C=C[C@]1(C)C[C@@H](OC(=O)CSC(C)(C)C(N)C(=O)NC)[C@]2(C)C(C)CCC3(CCC(=O)C32)[C@@H](C)C1O. The summed E-state index contributed by atoms with van der Waals surface area (Å²) in [5.74, 6) is -0.556. The smallest absolute Gasteiger partial charge is 0.316 e. The van der Waals surface area contributed by atoms with Crippen LogP contribution in [-0.4, -0.2) is 58.6 Å². The molecule has 0 aromatic heterocycles. The third kappa shape index (κ3) is 4.55. The average Bonchev–Trinajstić information content (AvgIpc) is 3.20. The van der Waals surface area contributed by atoms with Gasteiger partial charge in [0.15, 0.2) is 0 Å². The van der Waals surface area contributed by atoms with Crippen LogP contribution in [0.1, 0.15) is 73.6 Å². The van der Waals surface area contributed by atoms with Crippen molar-refractivity contribution in [2.45, 2.75) is 96.6 Å². The van der Waals surface area contributed by atoms with Gasteiger partial charge in [-0.2, -0.15) is 0 Å². The molecule has 3 fully saturated rings. The van der Waals surface area contributed by atoms with Crippen molar-refractivity contribution in [3.8, 4) is 0 Å². The molecular formula is C28H46N2O5S. The van der Waals surface area contributed by atoms with E-state index < -0.39 is 39.8 Å². The van der Waals surface area contributed by atoms with Gasteiger partial charge in [0.25, 0.3) is 0 Å². The van der Waals surface area contributed by atoms with E-state index >= 15 is 0 Å². The first-order chi connectivity index (χ1) is 16.6. The summed E-state index contributed by atoms with van der Waals surface area (Å²) in [6, 6.07) is -0.782. The van der Waals surface area contributed by atoms with Crippen LogP contribution < -0.4 is 11.1 Å². The van der Waals surface area contributed by atoms with Gasteiger partial charge in [-0.3, -0.25) is 14.4 Å². The normalized spacial score (nSPS) is 41.5. The second kappa shape index (κ2) is 10.1. The number of hydrogen-bond donors (Lipinski definition) is 3. The van der Waals surface area contributed by atoms with Crippen LogP contribution >= 0.6 is 11.8 Å². The van der Waals surface area contributed by atoms with Gasteiger partial charge in [-0.15, -0.1) is 18.3 Å². The van der Waals surface area contributed by atoms with Crippen LogP contribution in [0.5, 0.6) is 0 Å². The second-order valence-corrected chi connectivity index (χ2v) is 14.2. The molecule has 1 amide bonds. The molecule has 4 N–H and O–H groups in total. The number of thioether (sulfide) groups is 1. The monoisotopic (exact) mass is 522 g/mol. The van der Waals surface area contributed by atoms with Crippen LogP contribution in [0.25, 0.3) is 0 Å². The van der Waals surface area contributed by atoms with E-state index in [-0.39, 0.29) is 40.6 Å². The van der Waals surface area contributed by atoms with Crippen molar-refractivity contribution >= 4 is 29.4 Å². The number of aliphatic hydroxyl groups excluding tert-OH is 1. The molecule has 2 bridgehead atoms. The number of ketones is 1. The summed E-state index contributed by atoms with van der Waals surface area (Å²) in [7, 11) is 1.54. The van der Waals surface area contributed by atoms with E-state index in [0.29, 0.717) is 12.8 Å². The number of carbonyl (C=O) groups is 3. The second-order valence-electron chi connectivity index (χ2n) is 12.5. The minimum atomic E-state index is -0.782. The van der Waals surface area contributed by atoms with Crippen molar-refractivity contribution in [1.29, 1.82) is 0 Å². The van der Waals surface area contributed by atoms with E-state index in [9.17, 15) is 19.5 Å². The number of nitrogens with two attached hydrogens (primary N) is 1. The Labute approximate surface area is 220 Å². The third-order valence-electron chi connectivity index (χ3n) is 10.4. The Morgan fingerprint density at radius 1 is 1.33 bits per heavy atom. The van der Waals surface area contributed by atoms with Gasteiger partial charge >= 0.3 is 5.97 Å². The highest BCUT2D eigenvalue weighted by atomic mass is 32.2. The number of aliphatic hydroxyl groups is 1. The zero-order chi connectivity index (χ0) is 27.3. The molecule has 3 aliphatic carbocycles. The molecule has 3 saturated carbocycles. The Balaban J connectivity index is 1.95. The van der Waals surface area contributed by atoms with Crippen molar-refractivity contribution in [3.63, 3.8) is 0 Å². The van der Waals surface area contributed by atoms with Crippen LogP contribution in [-0.2, 0) is 19.1 Å². The summed E-state index contributed by atoms with van der Waals surface area (Å²) >= 11 is 1.29. The van der Waals surface area contributed by atoms with Gasteiger partial charge in [0.05, 0.1) is 17.9 Å². The molecule has 9 atom stereocenters. The van der Waals surface area contributed by atoms with Crippen molar-refractivity contribution in [1.82, 2.24) is 5.32 Å². The summed E-state index contributed by atoms with van der Waals surface area (Å²) in [6.45, 7) is 16.1. The van der Waals surface area contributed by atoms with Gasteiger partial charge in [0.2, 0.25) is 5.91 Å². The van der Waals surface area contributed by atoms with Crippen LogP contribution in [0.2, 0.25) is 0 Å². The molecular weight excluding hydrogens is 476 g/mol. The molecule has 0 saturated heterocycles. The predicted molar refractivity (Wildman–Crippen MR) is 143 cm³/mol. The highest BCUT2D eigenvalue weighted by Crippen LogP contribution is 2.68. The number of carbonyl (C=O) groups excluding carboxylic acids is 3. The summed E-state index contributed by atoms with van der Waals surface area (Å²) in [5.41, 5.74) is 4.60. The summed E-state index contributed by atoms with van der Waals surface area (Å²) in [5, 5.41) is 14.2. The molecule has 7 nitrogen and oxygen atoms in total. The van der Waals surface area contributed by atoms with Crippen LogP contribution in [0.3, 0.4) is 0 Å². The maximum absolute atomic E-state index is 13.5. The third-order valence-corrected chi connectivity index (χ3v) is 11.8. The van der Waals surface area contributed by atoms with Crippen LogP contribution in [0.4, 0.5) is 0 Å². The molecule has 0 aromatic rings. The standard InChI is InChI=1S/C28H46N2O5S/c1-9-26(6)14-19(35-20(32)15-36-25(4,5)22(29)24(34)30-8)27(7)16(2)10-12-28(17(3)23(26)33)13-11-18(31)21(27)28/h9,16-17,19,21-23,33H,1,10-15,29H2,2-8H3,(H,30,34)/t16?,17-,19+,21?,22?,23?,26+,27-,28?/m0/s1. The minimum Gasteiger partial charge on any atom is -0.461 e. The largest absolute Gasteiger partial charge is 0.461 e. The van der Waals surface area contributed by atoms with Crippen molar-refractivity contribution < 1.29 is 24.2 Å². The Bertz CT molecular complexity index is 908. The molecule has 0 aliphatic heterocycles. The van der Waals surface area contributed by atoms with Crippen LogP contribution in [0.15, 0.2) is 12.7 Å². The topological polar surface area (TPSA) is 119 Å². The van der Waals surface area contributed by atoms with Gasteiger partial charge < -0.3 is 20.9 Å². The van der Waals surface area contributed by atoms with Crippen LogP contribution in [0, 0.1) is 34.0 Å². The van der Waals surface area contributed by atoms with Gasteiger partial charge in [0.1, 0.15) is 11.9 Å². The molecule has 5 unspecified atom stereocenters. The maximum atomic E-state index is 13.5. The Morgan fingerprint density at radius 3 is 2.56 bits per heavy atom.